The molecule has 0 aliphatic carbocycles. The molecule has 4 rings (SSSR count). The molecule has 7 nitrogen and oxygen atoms in total. The molecule has 2 aromatic carbocycles. The molecule has 0 fully saturated rings. The lowest BCUT2D eigenvalue weighted by Crippen LogP contribution is -2.14. The van der Waals surface area contributed by atoms with Crippen molar-refractivity contribution in [2.24, 2.45) is 0 Å². The maximum Gasteiger partial charge on any atom is 0.274 e. The van der Waals surface area contributed by atoms with Crippen molar-refractivity contribution in [2.45, 2.75) is 6.92 Å². The van der Waals surface area contributed by atoms with E-state index in [1.807, 2.05) is 30.3 Å². The van der Waals surface area contributed by atoms with E-state index < -0.39 is 0 Å². The van der Waals surface area contributed by atoms with Crippen molar-refractivity contribution >= 4 is 39.8 Å². The van der Waals surface area contributed by atoms with Crippen molar-refractivity contribution in [1.29, 1.82) is 0 Å². The highest BCUT2D eigenvalue weighted by Gasteiger charge is 2.11. The Morgan fingerprint density at radius 2 is 1.69 bits per heavy atom. The SMILES string of the molecule is CC(=O)c1ccc(NC(=O)c2cc(Nc3cccc4cccnc34)ncn2)cc1. The minimum atomic E-state index is -0.373. The summed E-state index contributed by atoms with van der Waals surface area (Å²) in [6.45, 7) is 1.49. The standard InChI is InChI=1S/C22H17N5O2/c1-14(28)15-7-9-17(10-8-15)26-22(29)19-12-20(25-13-24-19)27-18-6-2-4-16-5-3-11-23-21(16)18/h2-13H,1H3,(H,26,29)(H,24,25,27). The smallest absolute Gasteiger partial charge is 0.274 e. The van der Waals surface area contributed by atoms with E-state index in [0.29, 0.717) is 17.1 Å². The molecule has 0 aliphatic heterocycles. The summed E-state index contributed by atoms with van der Waals surface area (Å²) in [4.78, 5) is 36.5. The molecule has 1 amide bonds. The zero-order chi connectivity index (χ0) is 20.2. The fraction of sp³-hybridized carbons (Fsp3) is 0.0455. The fourth-order valence-corrected chi connectivity index (χ4v) is 2.88. The van der Waals surface area contributed by atoms with Gasteiger partial charge in [0.2, 0.25) is 0 Å². The van der Waals surface area contributed by atoms with Crippen LogP contribution in [0.5, 0.6) is 0 Å². The van der Waals surface area contributed by atoms with Gasteiger partial charge < -0.3 is 10.6 Å². The molecule has 0 bridgehead atoms. The molecule has 0 saturated carbocycles. The van der Waals surface area contributed by atoms with Gasteiger partial charge in [0, 0.05) is 28.9 Å². The first-order valence-corrected chi connectivity index (χ1v) is 8.95. The summed E-state index contributed by atoms with van der Waals surface area (Å²) in [5.74, 6) is 0.0784. The predicted molar refractivity (Wildman–Crippen MR) is 111 cm³/mol. The average Bonchev–Trinajstić information content (AvgIpc) is 2.74. The van der Waals surface area contributed by atoms with Gasteiger partial charge in [-0.3, -0.25) is 14.6 Å². The van der Waals surface area contributed by atoms with Crippen LogP contribution in [0.1, 0.15) is 27.8 Å². The number of aromatic nitrogens is 3. The van der Waals surface area contributed by atoms with Gasteiger partial charge in [-0.1, -0.05) is 18.2 Å². The molecule has 7 heteroatoms. The summed E-state index contributed by atoms with van der Waals surface area (Å²) >= 11 is 0. The maximum atomic E-state index is 12.5. The van der Waals surface area contributed by atoms with Gasteiger partial charge in [-0.25, -0.2) is 9.97 Å². The normalized spacial score (nSPS) is 10.5. The van der Waals surface area contributed by atoms with Gasteiger partial charge in [0.15, 0.2) is 5.78 Å². The third kappa shape index (κ3) is 4.08. The molecule has 0 unspecified atom stereocenters. The summed E-state index contributed by atoms with van der Waals surface area (Å²) in [5.41, 5.74) is 2.97. The number of amides is 1. The van der Waals surface area contributed by atoms with Crippen LogP contribution in [0.2, 0.25) is 0 Å². The molecule has 2 N–H and O–H groups in total. The fourth-order valence-electron chi connectivity index (χ4n) is 2.88. The molecule has 0 saturated heterocycles. The van der Waals surface area contributed by atoms with Crippen molar-refractivity contribution in [2.75, 3.05) is 10.6 Å². The molecule has 4 aromatic rings. The molecular formula is C22H17N5O2. The third-order valence-electron chi connectivity index (χ3n) is 4.34. The lowest BCUT2D eigenvalue weighted by molar-refractivity contribution is 0.101. The Labute approximate surface area is 166 Å². The van der Waals surface area contributed by atoms with Crippen LogP contribution < -0.4 is 10.6 Å². The molecule has 29 heavy (non-hydrogen) atoms. The highest BCUT2D eigenvalue weighted by molar-refractivity contribution is 6.03. The lowest BCUT2D eigenvalue weighted by Gasteiger charge is -2.09. The van der Waals surface area contributed by atoms with Crippen LogP contribution in [0, 0.1) is 0 Å². The van der Waals surface area contributed by atoms with Gasteiger partial charge in [0.05, 0.1) is 11.2 Å². The summed E-state index contributed by atoms with van der Waals surface area (Å²) in [7, 11) is 0. The first kappa shape index (κ1) is 18.2. The maximum absolute atomic E-state index is 12.5. The van der Waals surface area contributed by atoms with Crippen LogP contribution in [0.15, 0.2) is 73.2 Å². The molecule has 0 spiro atoms. The van der Waals surface area contributed by atoms with Crippen molar-refractivity contribution in [3.05, 3.63) is 84.4 Å². The van der Waals surface area contributed by atoms with E-state index in [1.54, 1.807) is 36.5 Å². The molecule has 2 heterocycles. The molecule has 0 radical (unpaired) electrons. The summed E-state index contributed by atoms with van der Waals surface area (Å²) in [6.07, 6.45) is 3.05. The Balaban J connectivity index is 1.53. The highest BCUT2D eigenvalue weighted by Crippen LogP contribution is 2.23. The van der Waals surface area contributed by atoms with Gasteiger partial charge >= 0.3 is 0 Å². The van der Waals surface area contributed by atoms with Crippen LogP contribution in [0.25, 0.3) is 10.9 Å². The first-order valence-electron chi connectivity index (χ1n) is 8.95. The van der Waals surface area contributed by atoms with Gasteiger partial charge in [0.25, 0.3) is 5.91 Å². The van der Waals surface area contributed by atoms with Gasteiger partial charge in [-0.15, -0.1) is 0 Å². The number of rotatable bonds is 5. The summed E-state index contributed by atoms with van der Waals surface area (Å²) < 4.78 is 0. The number of carbonyl (C=O) groups excluding carboxylic acids is 2. The van der Waals surface area contributed by atoms with E-state index in [4.69, 9.17) is 0 Å². The minimum Gasteiger partial charge on any atom is -0.338 e. The van der Waals surface area contributed by atoms with Crippen LogP contribution in [-0.4, -0.2) is 26.6 Å². The van der Waals surface area contributed by atoms with E-state index in [1.165, 1.54) is 13.3 Å². The van der Waals surface area contributed by atoms with Crippen molar-refractivity contribution in [3.8, 4) is 0 Å². The zero-order valence-electron chi connectivity index (χ0n) is 15.6. The monoisotopic (exact) mass is 383 g/mol. The number of Topliss-reactive ketones (excluding diaryl/α,β-unsaturated/α-hetero) is 1. The largest absolute Gasteiger partial charge is 0.338 e. The number of hydrogen-bond donors (Lipinski definition) is 2. The molecule has 0 aliphatic rings. The predicted octanol–water partition coefficient (Wildman–Crippen LogP) is 4.22. The van der Waals surface area contributed by atoms with Gasteiger partial charge in [-0.05, 0) is 43.3 Å². The first-order chi connectivity index (χ1) is 14.1. The second-order valence-electron chi connectivity index (χ2n) is 6.38. The highest BCUT2D eigenvalue weighted by atomic mass is 16.2. The lowest BCUT2D eigenvalue weighted by atomic mass is 10.1. The number of anilines is 3. The van der Waals surface area contributed by atoms with E-state index >= 15 is 0 Å². The van der Waals surface area contributed by atoms with Gasteiger partial charge in [0.1, 0.15) is 17.8 Å². The van der Waals surface area contributed by atoms with Crippen LogP contribution in [0.4, 0.5) is 17.2 Å². The van der Waals surface area contributed by atoms with E-state index in [-0.39, 0.29) is 17.4 Å². The number of fused-ring (bicyclic) bond motifs is 1. The zero-order valence-corrected chi connectivity index (χ0v) is 15.6. The van der Waals surface area contributed by atoms with Crippen LogP contribution in [-0.2, 0) is 0 Å². The Morgan fingerprint density at radius 3 is 2.48 bits per heavy atom. The van der Waals surface area contributed by atoms with E-state index in [2.05, 4.69) is 25.6 Å². The third-order valence-corrected chi connectivity index (χ3v) is 4.34. The quantitative estimate of drug-likeness (QED) is 0.501. The van der Waals surface area contributed by atoms with E-state index in [0.717, 1.165) is 16.6 Å². The number of pyridine rings is 1. The summed E-state index contributed by atoms with van der Waals surface area (Å²) in [5, 5.41) is 6.96. The molecular weight excluding hydrogens is 366 g/mol. The second-order valence-corrected chi connectivity index (χ2v) is 6.38. The Morgan fingerprint density at radius 1 is 0.897 bits per heavy atom. The minimum absolute atomic E-state index is 0.0303. The number of benzene rings is 2. The summed E-state index contributed by atoms with van der Waals surface area (Å²) in [6, 6.07) is 17.9. The van der Waals surface area contributed by atoms with Crippen molar-refractivity contribution in [3.63, 3.8) is 0 Å². The van der Waals surface area contributed by atoms with Crippen LogP contribution >= 0.6 is 0 Å². The van der Waals surface area contributed by atoms with Gasteiger partial charge in [-0.2, -0.15) is 0 Å². The Hall–Kier alpha value is -4.13. The number of nitrogens with zero attached hydrogens (tertiary/aromatic N) is 3. The molecule has 142 valence electrons. The van der Waals surface area contributed by atoms with E-state index in [9.17, 15) is 9.59 Å². The Bertz CT molecular complexity index is 1200. The average molecular weight is 383 g/mol. The number of nitrogens with one attached hydrogen (secondary N) is 2. The second kappa shape index (κ2) is 7.85. The number of para-hydroxylation sites is 1. The number of ketones is 1. The van der Waals surface area contributed by atoms with Crippen molar-refractivity contribution < 1.29 is 9.59 Å². The molecule has 0 atom stereocenters. The van der Waals surface area contributed by atoms with Crippen molar-refractivity contribution in [1.82, 2.24) is 15.0 Å². The van der Waals surface area contributed by atoms with Crippen LogP contribution in [0.3, 0.4) is 0 Å². The topological polar surface area (TPSA) is 96.9 Å². The molecule has 2 aromatic heterocycles. The number of carbonyl (C=O) groups is 2. The Kier molecular flexibility index (Phi) is 4.94. The number of hydrogen-bond acceptors (Lipinski definition) is 6.